The number of amides is 1. The van der Waals surface area contributed by atoms with E-state index < -0.39 is 0 Å². The van der Waals surface area contributed by atoms with Crippen LogP contribution in [0.25, 0.3) is 0 Å². The lowest BCUT2D eigenvalue weighted by Crippen LogP contribution is -2.68. The third kappa shape index (κ3) is 3.97. The van der Waals surface area contributed by atoms with E-state index in [0.717, 1.165) is 38.4 Å². The van der Waals surface area contributed by atoms with Gasteiger partial charge in [0, 0.05) is 44.6 Å². The van der Waals surface area contributed by atoms with Crippen molar-refractivity contribution in [2.45, 2.75) is 52.2 Å². The number of hydrogen-bond donors (Lipinski definition) is 2. The van der Waals surface area contributed by atoms with Crippen LogP contribution >= 0.6 is 0 Å². The highest BCUT2D eigenvalue weighted by Gasteiger charge is 2.59. The molecule has 2 rings (SSSR count). The van der Waals surface area contributed by atoms with Gasteiger partial charge in [-0.1, -0.05) is 27.2 Å². The fraction of sp³-hybridized carbons (Fsp3) is 0.882. The second-order valence-corrected chi connectivity index (χ2v) is 7.42. The highest BCUT2D eigenvalue weighted by molar-refractivity contribution is 5.85. The molecule has 132 valence electrons. The van der Waals surface area contributed by atoms with Gasteiger partial charge in [-0.2, -0.15) is 0 Å². The number of guanidine groups is 1. The van der Waals surface area contributed by atoms with Crippen LogP contribution in [0.2, 0.25) is 0 Å². The SMILES string of the molecule is CCCCNC(=NCC(=O)N(C)C)NC1C2CCOC2C1(C)C. The van der Waals surface area contributed by atoms with E-state index in [9.17, 15) is 4.79 Å². The Morgan fingerprint density at radius 2 is 2.13 bits per heavy atom. The molecular weight excluding hydrogens is 292 g/mol. The topological polar surface area (TPSA) is 66.0 Å². The van der Waals surface area contributed by atoms with Crippen molar-refractivity contribution in [3.8, 4) is 0 Å². The molecular formula is C17H32N4O2. The predicted molar refractivity (Wildman–Crippen MR) is 92.5 cm³/mol. The van der Waals surface area contributed by atoms with Crippen LogP contribution in [0.3, 0.4) is 0 Å². The van der Waals surface area contributed by atoms with Crippen molar-refractivity contribution in [1.82, 2.24) is 15.5 Å². The highest BCUT2D eigenvalue weighted by atomic mass is 16.5. The summed E-state index contributed by atoms with van der Waals surface area (Å²) < 4.78 is 5.85. The van der Waals surface area contributed by atoms with Gasteiger partial charge in [0.05, 0.1) is 6.10 Å². The molecule has 0 bridgehead atoms. The number of aliphatic imine (C=N–C) groups is 1. The second kappa shape index (κ2) is 7.51. The zero-order chi connectivity index (χ0) is 17.0. The summed E-state index contributed by atoms with van der Waals surface area (Å²) in [5, 5.41) is 6.92. The Balaban J connectivity index is 1.99. The molecule has 2 aliphatic rings. The molecule has 6 heteroatoms. The number of hydrogen-bond acceptors (Lipinski definition) is 3. The first kappa shape index (κ1) is 18.0. The smallest absolute Gasteiger partial charge is 0.243 e. The van der Waals surface area contributed by atoms with E-state index in [1.807, 2.05) is 0 Å². The maximum absolute atomic E-state index is 11.8. The number of rotatable bonds is 6. The van der Waals surface area contributed by atoms with Gasteiger partial charge < -0.3 is 20.3 Å². The van der Waals surface area contributed by atoms with Crippen LogP contribution in [0.1, 0.15) is 40.0 Å². The summed E-state index contributed by atoms with van der Waals surface area (Å²) in [5.74, 6) is 1.31. The van der Waals surface area contributed by atoms with Gasteiger partial charge in [0.2, 0.25) is 5.91 Å². The number of carbonyl (C=O) groups excluding carboxylic acids is 1. The van der Waals surface area contributed by atoms with Crippen molar-refractivity contribution in [3.05, 3.63) is 0 Å². The Hall–Kier alpha value is -1.30. The number of unbranched alkanes of at least 4 members (excludes halogenated alkanes) is 1. The number of nitrogens with zero attached hydrogens (tertiary/aromatic N) is 2. The third-order valence-electron chi connectivity index (χ3n) is 5.09. The van der Waals surface area contributed by atoms with E-state index in [4.69, 9.17) is 4.74 Å². The van der Waals surface area contributed by atoms with E-state index in [-0.39, 0.29) is 17.9 Å². The van der Waals surface area contributed by atoms with Crippen molar-refractivity contribution in [2.75, 3.05) is 33.8 Å². The predicted octanol–water partition coefficient (Wildman–Crippen LogP) is 1.22. The quantitative estimate of drug-likeness (QED) is 0.438. The van der Waals surface area contributed by atoms with E-state index in [1.54, 1.807) is 19.0 Å². The molecule has 0 aromatic rings. The molecule has 2 fully saturated rings. The standard InChI is InChI=1S/C17H32N4O2/c1-6-7-9-18-16(19-11-13(22)21(4)5)20-14-12-8-10-23-15(12)17(14,2)3/h12,14-15H,6-11H2,1-5H3,(H2,18,19,20). The molecule has 1 amide bonds. The number of carbonyl (C=O) groups is 1. The largest absolute Gasteiger partial charge is 0.377 e. The van der Waals surface area contributed by atoms with E-state index in [2.05, 4.69) is 36.4 Å². The van der Waals surface area contributed by atoms with Gasteiger partial charge in [0.1, 0.15) is 6.54 Å². The van der Waals surface area contributed by atoms with Crippen LogP contribution in [-0.2, 0) is 9.53 Å². The maximum atomic E-state index is 11.8. The molecule has 0 spiro atoms. The first-order chi connectivity index (χ1) is 10.9. The van der Waals surface area contributed by atoms with Crippen LogP contribution in [0.5, 0.6) is 0 Å². The number of nitrogens with one attached hydrogen (secondary N) is 2. The number of fused-ring (bicyclic) bond motifs is 1. The summed E-state index contributed by atoms with van der Waals surface area (Å²) in [4.78, 5) is 17.9. The number of ether oxygens (including phenoxy) is 1. The van der Waals surface area contributed by atoms with Crippen molar-refractivity contribution < 1.29 is 9.53 Å². The summed E-state index contributed by atoms with van der Waals surface area (Å²) >= 11 is 0. The van der Waals surface area contributed by atoms with Crippen molar-refractivity contribution in [2.24, 2.45) is 16.3 Å². The average molecular weight is 324 g/mol. The first-order valence-corrected chi connectivity index (χ1v) is 8.74. The normalized spacial score (nSPS) is 28.7. The van der Waals surface area contributed by atoms with Gasteiger partial charge in [0.15, 0.2) is 5.96 Å². The van der Waals surface area contributed by atoms with Crippen LogP contribution in [0.4, 0.5) is 0 Å². The Morgan fingerprint density at radius 1 is 1.39 bits per heavy atom. The van der Waals surface area contributed by atoms with Crippen molar-refractivity contribution in [1.29, 1.82) is 0 Å². The summed E-state index contributed by atoms with van der Waals surface area (Å²) in [7, 11) is 3.51. The van der Waals surface area contributed by atoms with Crippen LogP contribution in [-0.4, -0.2) is 62.7 Å². The van der Waals surface area contributed by atoms with Gasteiger partial charge in [-0.15, -0.1) is 0 Å². The molecule has 3 unspecified atom stereocenters. The molecule has 0 radical (unpaired) electrons. The first-order valence-electron chi connectivity index (χ1n) is 8.74. The second-order valence-electron chi connectivity index (χ2n) is 7.42. The van der Waals surface area contributed by atoms with Crippen molar-refractivity contribution >= 4 is 11.9 Å². The molecule has 23 heavy (non-hydrogen) atoms. The van der Waals surface area contributed by atoms with Gasteiger partial charge in [-0.25, -0.2) is 4.99 Å². The summed E-state index contributed by atoms with van der Waals surface area (Å²) in [5.41, 5.74) is 0.0972. The van der Waals surface area contributed by atoms with E-state index >= 15 is 0 Å². The maximum Gasteiger partial charge on any atom is 0.243 e. The Labute approximate surface area is 140 Å². The van der Waals surface area contributed by atoms with Gasteiger partial charge in [0.25, 0.3) is 0 Å². The molecule has 1 aliphatic carbocycles. The van der Waals surface area contributed by atoms with Crippen molar-refractivity contribution in [3.63, 3.8) is 0 Å². The lowest BCUT2D eigenvalue weighted by Gasteiger charge is -2.54. The van der Waals surface area contributed by atoms with E-state index in [1.165, 1.54) is 0 Å². The zero-order valence-corrected chi connectivity index (χ0v) is 15.2. The molecule has 3 atom stereocenters. The molecule has 1 heterocycles. The molecule has 1 saturated carbocycles. The Morgan fingerprint density at radius 3 is 2.78 bits per heavy atom. The lowest BCUT2D eigenvalue weighted by atomic mass is 9.57. The van der Waals surface area contributed by atoms with Crippen LogP contribution in [0, 0.1) is 11.3 Å². The van der Waals surface area contributed by atoms with Gasteiger partial charge in [-0.05, 0) is 12.8 Å². The average Bonchev–Trinajstić information content (AvgIpc) is 2.95. The van der Waals surface area contributed by atoms with Crippen LogP contribution in [0.15, 0.2) is 4.99 Å². The molecule has 2 N–H and O–H groups in total. The molecule has 6 nitrogen and oxygen atoms in total. The molecule has 1 aliphatic heterocycles. The summed E-state index contributed by atoms with van der Waals surface area (Å²) in [6.07, 6.45) is 3.67. The Bertz CT molecular complexity index is 448. The fourth-order valence-corrected chi connectivity index (χ4v) is 3.59. The monoisotopic (exact) mass is 324 g/mol. The van der Waals surface area contributed by atoms with Gasteiger partial charge >= 0.3 is 0 Å². The molecule has 0 aromatic carbocycles. The minimum Gasteiger partial charge on any atom is -0.377 e. The molecule has 0 aromatic heterocycles. The van der Waals surface area contributed by atoms with Gasteiger partial charge in [-0.3, -0.25) is 4.79 Å². The number of likely N-dealkylation sites (N-methyl/N-ethyl adjacent to an activating group) is 1. The fourth-order valence-electron chi connectivity index (χ4n) is 3.59. The Kier molecular flexibility index (Phi) is 5.89. The summed E-state index contributed by atoms with van der Waals surface area (Å²) in [6, 6.07) is 0.345. The summed E-state index contributed by atoms with van der Waals surface area (Å²) in [6.45, 7) is 8.54. The third-order valence-corrected chi connectivity index (χ3v) is 5.09. The van der Waals surface area contributed by atoms with Crippen LogP contribution < -0.4 is 10.6 Å². The minimum atomic E-state index is 0.0107. The minimum absolute atomic E-state index is 0.0107. The molecule has 1 saturated heterocycles. The van der Waals surface area contributed by atoms with E-state index in [0.29, 0.717) is 18.1 Å². The zero-order valence-electron chi connectivity index (χ0n) is 15.2. The highest BCUT2D eigenvalue weighted by Crippen LogP contribution is 2.52. The lowest BCUT2D eigenvalue weighted by molar-refractivity contribution is -0.127.